The van der Waals surface area contributed by atoms with E-state index in [0.29, 0.717) is 23.9 Å². The number of anilines is 1. The molecule has 0 aliphatic rings. The minimum atomic E-state index is 0.362. The monoisotopic (exact) mass is 334 g/mol. The number of hydrazine groups is 1. The van der Waals surface area contributed by atoms with E-state index in [0.717, 1.165) is 16.8 Å². The zero-order chi connectivity index (χ0) is 17.8. The van der Waals surface area contributed by atoms with Gasteiger partial charge < -0.3 is 9.75 Å². The van der Waals surface area contributed by atoms with Crippen molar-refractivity contribution in [3.05, 3.63) is 65.5 Å². The van der Waals surface area contributed by atoms with Crippen LogP contribution in [0.5, 0.6) is 5.88 Å². The van der Waals surface area contributed by atoms with Crippen molar-refractivity contribution in [3.63, 3.8) is 0 Å². The van der Waals surface area contributed by atoms with Crippen molar-refractivity contribution in [2.45, 2.75) is 13.5 Å². The van der Waals surface area contributed by atoms with Crippen molar-refractivity contribution in [1.29, 1.82) is 5.26 Å². The topological polar surface area (TPSA) is 93.0 Å². The Labute approximate surface area is 145 Å². The van der Waals surface area contributed by atoms with Crippen LogP contribution in [0.25, 0.3) is 5.82 Å². The first-order chi connectivity index (χ1) is 12.1. The molecule has 1 aromatic carbocycles. The predicted molar refractivity (Wildman–Crippen MR) is 94.2 cm³/mol. The van der Waals surface area contributed by atoms with Crippen molar-refractivity contribution in [1.82, 2.24) is 14.8 Å². The van der Waals surface area contributed by atoms with E-state index in [-0.39, 0.29) is 0 Å². The van der Waals surface area contributed by atoms with Crippen LogP contribution < -0.4 is 15.6 Å². The third-order valence-corrected chi connectivity index (χ3v) is 3.81. The van der Waals surface area contributed by atoms with Crippen LogP contribution in [0.4, 0.5) is 5.69 Å². The molecule has 3 rings (SSSR count). The lowest BCUT2D eigenvalue weighted by Crippen LogP contribution is -2.26. The summed E-state index contributed by atoms with van der Waals surface area (Å²) in [6.45, 7) is 2.38. The Morgan fingerprint density at radius 3 is 2.80 bits per heavy atom. The number of hydrogen-bond donors (Lipinski definition) is 1. The summed E-state index contributed by atoms with van der Waals surface area (Å²) >= 11 is 0. The first-order valence-electron chi connectivity index (χ1n) is 7.70. The number of ether oxygens (including phenoxy) is 1. The van der Waals surface area contributed by atoms with E-state index >= 15 is 0 Å². The van der Waals surface area contributed by atoms with Gasteiger partial charge in [-0.25, -0.2) is 15.5 Å². The average Bonchev–Trinajstić information content (AvgIpc) is 3.09. The number of hydrogen-bond acceptors (Lipinski definition) is 6. The standard InChI is InChI=1S/C18H18N6O/c1-13-4-3-5-16(23(2)20)15(13)12-25-18-8-9-24(22-18)17-7-6-14(10-19)11-21-17/h3-9,11H,12,20H2,1-2H3. The van der Waals surface area contributed by atoms with Crippen LogP contribution in [0.15, 0.2) is 48.8 Å². The number of nitrogens with zero attached hydrogens (tertiary/aromatic N) is 5. The first-order valence-corrected chi connectivity index (χ1v) is 7.70. The van der Waals surface area contributed by atoms with E-state index in [2.05, 4.69) is 10.1 Å². The number of rotatable bonds is 5. The number of nitrogens with two attached hydrogens (primary N) is 1. The molecule has 0 aliphatic carbocycles. The molecule has 0 bridgehead atoms. The molecule has 2 aromatic heterocycles. The molecule has 0 aliphatic heterocycles. The minimum absolute atomic E-state index is 0.362. The van der Waals surface area contributed by atoms with E-state index in [1.807, 2.05) is 31.2 Å². The maximum Gasteiger partial charge on any atom is 0.233 e. The lowest BCUT2D eigenvalue weighted by atomic mass is 10.1. The van der Waals surface area contributed by atoms with Gasteiger partial charge >= 0.3 is 0 Å². The molecular weight excluding hydrogens is 316 g/mol. The predicted octanol–water partition coefficient (Wildman–Crippen LogP) is 2.34. The van der Waals surface area contributed by atoms with Gasteiger partial charge in [-0.3, -0.25) is 0 Å². The molecule has 126 valence electrons. The third-order valence-electron chi connectivity index (χ3n) is 3.81. The fourth-order valence-electron chi connectivity index (χ4n) is 2.45. The maximum absolute atomic E-state index is 8.82. The van der Waals surface area contributed by atoms with Crippen LogP contribution in [-0.4, -0.2) is 21.8 Å². The van der Waals surface area contributed by atoms with Crippen LogP contribution in [0.3, 0.4) is 0 Å². The van der Waals surface area contributed by atoms with Gasteiger partial charge in [-0.2, -0.15) is 5.26 Å². The third kappa shape index (κ3) is 3.59. The summed E-state index contributed by atoms with van der Waals surface area (Å²) in [5.41, 5.74) is 3.53. The molecule has 7 heteroatoms. The molecular formula is C18H18N6O. The highest BCUT2D eigenvalue weighted by atomic mass is 16.5. The molecule has 2 N–H and O–H groups in total. The van der Waals surface area contributed by atoms with Crippen molar-refractivity contribution in [3.8, 4) is 17.8 Å². The van der Waals surface area contributed by atoms with Gasteiger partial charge in [0.25, 0.3) is 0 Å². The van der Waals surface area contributed by atoms with E-state index in [9.17, 15) is 0 Å². The number of nitriles is 1. The molecule has 7 nitrogen and oxygen atoms in total. The van der Waals surface area contributed by atoms with Gasteiger partial charge in [-0.1, -0.05) is 12.1 Å². The van der Waals surface area contributed by atoms with Crippen molar-refractivity contribution in [2.24, 2.45) is 5.84 Å². The van der Waals surface area contributed by atoms with Crippen LogP contribution in [0.1, 0.15) is 16.7 Å². The molecule has 0 amide bonds. The van der Waals surface area contributed by atoms with Crippen molar-refractivity contribution in [2.75, 3.05) is 12.1 Å². The Bertz CT molecular complexity index is 908. The van der Waals surface area contributed by atoms with Gasteiger partial charge in [0.2, 0.25) is 5.88 Å². The van der Waals surface area contributed by atoms with Crippen molar-refractivity contribution >= 4 is 5.69 Å². The lowest BCUT2D eigenvalue weighted by molar-refractivity contribution is 0.291. The highest BCUT2D eigenvalue weighted by Gasteiger charge is 2.10. The van der Waals surface area contributed by atoms with Gasteiger partial charge in [0.1, 0.15) is 12.7 Å². The summed E-state index contributed by atoms with van der Waals surface area (Å²) in [4.78, 5) is 4.20. The summed E-state index contributed by atoms with van der Waals surface area (Å²) < 4.78 is 7.42. The van der Waals surface area contributed by atoms with E-state index in [1.165, 1.54) is 6.20 Å². The molecule has 25 heavy (non-hydrogen) atoms. The lowest BCUT2D eigenvalue weighted by Gasteiger charge is -2.18. The van der Waals surface area contributed by atoms with Gasteiger partial charge in [-0.05, 0) is 30.7 Å². The number of aryl methyl sites for hydroxylation is 1. The molecule has 3 aromatic rings. The summed E-state index contributed by atoms with van der Waals surface area (Å²) in [5.74, 6) is 6.99. The van der Waals surface area contributed by atoms with Crippen LogP contribution in [0.2, 0.25) is 0 Å². The van der Waals surface area contributed by atoms with Crippen LogP contribution >= 0.6 is 0 Å². The largest absolute Gasteiger partial charge is 0.472 e. The smallest absolute Gasteiger partial charge is 0.233 e. The fraction of sp³-hybridized carbons (Fsp3) is 0.167. The normalized spacial score (nSPS) is 10.3. The molecule has 0 atom stereocenters. The Morgan fingerprint density at radius 1 is 1.28 bits per heavy atom. The quantitative estimate of drug-likeness (QED) is 0.568. The minimum Gasteiger partial charge on any atom is -0.472 e. The number of aromatic nitrogens is 3. The Morgan fingerprint density at radius 2 is 2.12 bits per heavy atom. The zero-order valence-corrected chi connectivity index (χ0v) is 14.0. The maximum atomic E-state index is 8.82. The Balaban J connectivity index is 1.75. The van der Waals surface area contributed by atoms with E-state index in [4.69, 9.17) is 15.8 Å². The zero-order valence-electron chi connectivity index (χ0n) is 14.0. The van der Waals surface area contributed by atoms with Crippen LogP contribution in [-0.2, 0) is 6.61 Å². The number of pyridine rings is 1. The SMILES string of the molecule is Cc1cccc(N(C)N)c1COc1ccn(-c2ccc(C#N)cn2)n1. The Kier molecular flexibility index (Phi) is 4.64. The fourth-order valence-corrected chi connectivity index (χ4v) is 2.45. The van der Waals surface area contributed by atoms with E-state index < -0.39 is 0 Å². The van der Waals surface area contributed by atoms with Gasteiger partial charge in [0.15, 0.2) is 5.82 Å². The molecule has 0 fully saturated rings. The van der Waals surface area contributed by atoms with Crippen LogP contribution in [0, 0.1) is 18.3 Å². The van der Waals surface area contributed by atoms with Gasteiger partial charge in [0.05, 0.1) is 11.3 Å². The van der Waals surface area contributed by atoms with Gasteiger partial charge in [-0.15, -0.1) is 5.10 Å². The summed E-state index contributed by atoms with van der Waals surface area (Å²) in [6.07, 6.45) is 3.27. The first kappa shape index (κ1) is 16.5. The molecule has 2 heterocycles. The highest BCUT2D eigenvalue weighted by molar-refractivity contribution is 5.55. The summed E-state index contributed by atoms with van der Waals surface area (Å²) in [5, 5.41) is 14.8. The van der Waals surface area contributed by atoms with Crippen molar-refractivity contribution < 1.29 is 4.74 Å². The van der Waals surface area contributed by atoms with E-state index in [1.54, 1.807) is 41.1 Å². The molecule has 0 radical (unpaired) electrons. The summed E-state index contributed by atoms with van der Waals surface area (Å²) in [6, 6.07) is 13.2. The molecule has 0 saturated carbocycles. The summed E-state index contributed by atoms with van der Waals surface area (Å²) in [7, 11) is 1.80. The second-order valence-electron chi connectivity index (χ2n) is 5.59. The Hall–Kier alpha value is -3.37. The highest BCUT2D eigenvalue weighted by Crippen LogP contribution is 2.23. The second kappa shape index (κ2) is 7.03. The molecule has 0 unspecified atom stereocenters. The number of benzene rings is 1. The van der Waals surface area contributed by atoms with Gasteiger partial charge in [0, 0.05) is 31.1 Å². The second-order valence-corrected chi connectivity index (χ2v) is 5.59. The molecule has 0 saturated heterocycles. The molecule has 0 spiro atoms. The average molecular weight is 334 g/mol.